The second-order valence-electron chi connectivity index (χ2n) is 7.24. The van der Waals surface area contributed by atoms with Crippen molar-refractivity contribution in [3.63, 3.8) is 0 Å². The van der Waals surface area contributed by atoms with Gasteiger partial charge in [-0.2, -0.15) is 0 Å². The first-order valence-electron chi connectivity index (χ1n) is 9.51. The fraction of sp³-hybridized carbons (Fsp3) is 0.364. The molecule has 1 fully saturated rings. The van der Waals surface area contributed by atoms with Crippen LogP contribution in [0.1, 0.15) is 30.4 Å². The standard InChI is InChI=1S/C22H25N3O/c26-22(6-5-19-16-24-21-4-2-1-3-20(19)21)25-13-9-18(10-14-25)15-17-7-11-23-12-8-17/h1-4,7-8,11-12,16,18,24H,5-6,9-10,13-15H2. The molecule has 1 amide bonds. The number of piperidine rings is 1. The molecule has 3 heterocycles. The van der Waals surface area contributed by atoms with Gasteiger partial charge in [-0.15, -0.1) is 0 Å². The highest BCUT2D eigenvalue weighted by Crippen LogP contribution is 2.23. The molecule has 1 saturated heterocycles. The summed E-state index contributed by atoms with van der Waals surface area (Å²) in [4.78, 5) is 22.0. The molecule has 0 spiro atoms. The van der Waals surface area contributed by atoms with Crippen molar-refractivity contribution in [3.8, 4) is 0 Å². The maximum atomic E-state index is 12.6. The Kier molecular flexibility index (Phi) is 5.00. The molecule has 2 aromatic heterocycles. The van der Waals surface area contributed by atoms with Gasteiger partial charge in [0.2, 0.25) is 5.91 Å². The number of aromatic nitrogens is 2. The van der Waals surface area contributed by atoms with Crippen LogP contribution >= 0.6 is 0 Å². The number of rotatable bonds is 5. The Morgan fingerprint density at radius 2 is 1.88 bits per heavy atom. The topological polar surface area (TPSA) is 49.0 Å². The van der Waals surface area contributed by atoms with Crippen LogP contribution in [0, 0.1) is 5.92 Å². The molecule has 26 heavy (non-hydrogen) atoms. The average Bonchev–Trinajstić information content (AvgIpc) is 3.11. The molecule has 0 radical (unpaired) electrons. The monoisotopic (exact) mass is 347 g/mol. The quantitative estimate of drug-likeness (QED) is 0.759. The number of pyridine rings is 1. The van der Waals surface area contributed by atoms with E-state index in [1.54, 1.807) is 0 Å². The van der Waals surface area contributed by atoms with Crippen LogP contribution in [-0.4, -0.2) is 33.9 Å². The van der Waals surface area contributed by atoms with Gasteiger partial charge in [-0.05, 0) is 60.9 Å². The van der Waals surface area contributed by atoms with Crippen molar-refractivity contribution in [1.29, 1.82) is 0 Å². The third-order valence-electron chi connectivity index (χ3n) is 5.52. The van der Waals surface area contributed by atoms with Crippen molar-refractivity contribution in [2.24, 2.45) is 5.92 Å². The molecule has 3 aromatic rings. The van der Waals surface area contributed by atoms with E-state index in [4.69, 9.17) is 0 Å². The zero-order valence-corrected chi connectivity index (χ0v) is 15.0. The van der Waals surface area contributed by atoms with Crippen LogP contribution in [0.25, 0.3) is 10.9 Å². The number of hydrogen-bond acceptors (Lipinski definition) is 2. The smallest absolute Gasteiger partial charge is 0.222 e. The largest absolute Gasteiger partial charge is 0.361 e. The number of hydrogen-bond donors (Lipinski definition) is 1. The third kappa shape index (κ3) is 3.79. The molecule has 134 valence electrons. The molecule has 1 aliphatic heterocycles. The summed E-state index contributed by atoms with van der Waals surface area (Å²) in [5.41, 5.74) is 3.73. The Balaban J connectivity index is 1.27. The average molecular weight is 347 g/mol. The number of fused-ring (bicyclic) bond motifs is 1. The highest BCUT2D eigenvalue weighted by Gasteiger charge is 2.22. The second kappa shape index (κ2) is 7.73. The lowest BCUT2D eigenvalue weighted by molar-refractivity contribution is -0.132. The Morgan fingerprint density at radius 3 is 2.69 bits per heavy atom. The van der Waals surface area contributed by atoms with Gasteiger partial charge in [0.1, 0.15) is 0 Å². The first kappa shape index (κ1) is 16.8. The van der Waals surface area contributed by atoms with Crippen LogP contribution in [0.4, 0.5) is 0 Å². The van der Waals surface area contributed by atoms with Gasteiger partial charge < -0.3 is 9.88 Å². The van der Waals surface area contributed by atoms with Crippen molar-refractivity contribution >= 4 is 16.8 Å². The number of carbonyl (C=O) groups is 1. The molecular weight excluding hydrogens is 322 g/mol. The maximum Gasteiger partial charge on any atom is 0.222 e. The summed E-state index contributed by atoms with van der Waals surface area (Å²) in [6.07, 6.45) is 10.5. The predicted molar refractivity (Wildman–Crippen MR) is 104 cm³/mol. The second-order valence-corrected chi connectivity index (χ2v) is 7.24. The minimum atomic E-state index is 0.289. The molecule has 0 bridgehead atoms. The van der Waals surface area contributed by atoms with E-state index in [-0.39, 0.29) is 5.91 Å². The zero-order valence-electron chi connectivity index (χ0n) is 15.0. The Morgan fingerprint density at radius 1 is 1.12 bits per heavy atom. The van der Waals surface area contributed by atoms with Gasteiger partial charge in [-0.1, -0.05) is 18.2 Å². The summed E-state index contributed by atoms with van der Waals surface area (Å²) >= 11 is 0. The van der Waals surface area contributed by atoms with Crippen molar-refractivity contribution < 1.29 is 4.79 Å². The van der Waals surface area contributed by atoms with Crippen LogP contribution in [0.5, 0.6) is 0 Å². The molecule has 4 rings (SSSR count). The molecule has 1 N–H and O–H groups in total. The number of nitrogens with zero attached hydrogens (tertiary/aromatic N) is 2. The van der Waals surface area contributed by atoms with E-state index in [1.165, 1.54) is 16.5 Å². The van der Waals surface area contributed by atoms with Crippen molar-refractivity contribution in [2.75, 3.05) is 13.1 Å². The number of aryl methyl sites for hydroxylation is 1. The van der Waals surface area contributed by atoms with Crippen LogP contribution in [0.2, 0.25) is 0 Å². The van der Waals surface area contributed by atoms with Gasteiger partial charge in [-0.25, -0.2) is 0 Å². The molecule has 0 atom stereocenters. The SMILES string of the molecule is O=C(CCc1c[nH]c2ccccc12)N1CCC(Cc2ccncc2)CC1. The number of para-hydroxylation sites is 1. The fourth-order valence-electron chi connectivity index (χ4n) is 3.98. The number of carbonyl (C=O) groups excluding carboxylic acids is 1. The van der Waals surface area contributed by atoms with Crippen LogP contribution in [-0.2, 0) is 17.6 Å². The highest BCUT2D eigenvalue weighted by atomic mass is 16.2. The number of amides is 1. The van der Waals surface area contributed by atoms with Crippen molar-refractivity contribution in [2.45, 2.75) is 32.1 Å². The number of H-pyrrole nitrogens is 1. The number of likely N-dealkylation sites (tertiary alicyclic amines) is 1. The minimum absolute atomic E-state index is 0.289. The van der Waals surface area contributed by atoms with E-state index in [0.29, 0.717) is 12.3 Å². The lowest BCUT2D eigenvalue weighted by Gasteiger charge is -2.32. The van der Waals surface area contributed by atoms with Gasteiger partial charge in [0.25, 0.3) is 0 Å². The van der Waals surface area contributed by atoms with Gasteiger partial charge in [0.05, 0.1) is 0 Å². The highest BCUT2D eigenvalue weighted by molar-refractivity contribution is 5.84. The zero-order chi connectivity index (χ0) is 17.8. The van der Waals surface area contributed by atoms with Crippen molar-refractivity contribution in [1.82, 2.24) is 14.9 Å². The van der Waals surface area contributed by atoms with Crippen molar-refractivity contribution in [3.05, 3.63) is 66.1 Å². The molecular formula is C22H25N3O. The summed E-state index contributed by atoms with van der Waals surface area (Å²) < 4.78 is 0. The summed E-state index contributed by atoms with van der Waals surface area (Å²) in [6, 6.07) is 12.5. The third-order valence-corrected chi connectivity index (χ3v) is 5.52. The number of benzene rings is 1. The van der Waals surface area contributed by atoms with Crippen LogP contribution in [0.3, 0.4) is 0 Å². The molecule has 1 aromatic carbocycles. The van der Waals surface area contributed by atoms with Gasteiger partial charge >= 0.3 is 0 Å². The maximum absolute atomic E-state index is 12.6. The summed E-state index contributed by atoms with van der Waals surface area (Å²) in [6.45, 7) is 1.78. The van der Waals surface area contributed by atoms with Crippen LogP contribution in [0.15, 0.2) is 55.0 Å². The summed E-state index contributed by atoms with van der Waals surface area (Å²) in [7, 11) is 0. The van der Waals surface area contributed by atoms with E-state index >= 15 is 0 Å². The number of aromatic amines is 1. The Hall–Kier alpha value is -2.62. The van der Waals surface area contributed by atoms with E-state index in [9.17, 15) is 4.79 Å². The first-order valence-corrected chi connectivity index (χ1v) is 9.51. The van der Waals surface area contributed by atoms with Gasteiger partial charge in [-0.3, -0.25) is 9.78 Å². The van der Waals surface area contributed by atoms with E-state index in [1.807, 2.05) is 24.7 Å². The molecule has 0 saturated carbocycles. The Bertz CT molecular complexity index is 863. The van der Waals surface area contributed by atoms with Gasteiger partial charge in [0, 0.05) is 49.0 Å². The number of nitrogens with one attached hydrogen (secondary N) is 1. The summed E-state index contributed by atoms with van der Waals surface area (Å²) in [5.74, 6) is 0.965. The van der Waals surface area contributed by atoms with E-state index < -0.39 is 0 Å². The van der Waals surface area contributed by atoms with Crippen LogP contribution < -0.4 is 0 Å². The lowest BCUT2D eigenvalue weighted by Crippen LogP contribution is -2.39. The lowest BCUT2D eigenvalue weighted by atomic mass is 9.90. The molecule has 1 aliphatic rings. The predicted octanol–water partition coefficient (Wildman–Crippen LogP) is 3.98. The minimum Gasteiger partial charge on any atom is -0.361 e. The van der Waals surface area contributed by atoms with Gasteiger partial charge in [0.15, 0.2) is 0 Å². The molecule has 0 aliphatic carbocycles. The molecule has 0 unspecified atom stereocenters. The molecule has 4 heteroatoms. The normalized spacial score (nSPS) is 15.5. The van der Waals surface area contributed by atoms with E-state index in [0.717, 1.165) is 44.3 Å². The Labute approximate surface area is 154 Å². The van der Waals surface area contributed by atoms with E-state index in [2.05, 4.69) is 45.2 Å². The molecule has 4 nitrogen and oxygen atoms in total. The first-order chi connectivity index (χ1) is 12.8. The fourth-order valence-corrected chi connectivity index (χ4v) is 3.98. The summed E-state index contributed by atoms with van der Waals surface area (Å²) in [5, 5.41) is 1.23.